The molecule has 5 rings (SSSR count). The highest BCUT2D eigenvalue weighted by molar-refractivity contribution is 6.15. The average Bonchev–Trinajstić information content (AvgIpc) is 2.92. The third-order valence-electron chi connectivity index (χ3n) is 4.01. The summed E-state index contributed by atoms with van der Waals surface area (Å²) in [5.74, 6) is 0. The van der Waals surface area contributed by atoms with Gasteiger partial charge in [-0.1, -0.05) is 30.3 Å². The number of aromatic nitrogens is 3. The van der Waals surface area contributed by atoms with Gasteiger partial charge in [-0.25, -0.2) is 9.97 Å². The molecule has 21 heavy (non-hydrogen) atoms. The zero-order valence-electron chi connectivity index (χ0n) is 10.9. The lowest BCUT2D eigenvalue weighted by molar-refractivity contribution is 1.19. The third-order valence-corrected chi connectivity index (χ3v) is 4.01. The Morgan fingerprint density at radius 3 is 2.57 bits per heavy atom. The maximum atomic E-state index is 12.9. The minimum absolute atomic E-state index is 0.0372. The van der Waals surface area contributed by atoms with E-state index in [9.17, 15) is 4.79 Å². The van der Waals surface area contributed by atoms with Crippen molar-refractivity contribution in [1.29, 1.82) is 0 Å². The molecule has 3 aromatic heterocycles. The second-order valence-electron chi connectivity index (χ2n) is 5.13. The van der Waals surface area contributed by atoms with E-state index in [0.29, 0.717) is 11.3 Å². The molecule has 0 fully saturated rings. The van der Waals surface area contributed by atoms with E-state index in [-0.39, 0.29) is 5.56 Å². The first kappa shape index (κ1) is 10.7. The van der Waals surface area contributed by atoms with Crippen molar-refractivity contribution in [3.63, 3.8) is 0 Å². The molecule has 0 aliphatic heterocycles. The monoisotopic (exact) mass is 271 g/mol. The van der Waals surface area contributed by atoms with Gasteiger partial charge in [-0.2, -0.15) is 0 Å². The van der Waals surface area contributed by atoms with Gasteiger partial charge < -0.3 is 0 Å². The predicted molar refractivity (Wildman–Crippen MR) is 83.0 cm³/mol. The molecule has 0 unspecified atom stereocenters. The third kappa shape index (κ3) is 1.22. The first-order valence-corrected chi connectivity index (χ1v) is 6.75. The Hall–Kier alpha value is -3.01. The fourth-order valence-electron chi connectivity index (χ4n) is 3.13. The number of hydrogen-bond donors (Lipinski definition) is 0. The Balaban J connectivity index is 2.27. The van der Waals surface area contributed by atoms with E-state index in [4.69, 9.17) is 0 Å². The average molecular weight is 271 g/mol. The van der Waals surface area contributed by atoms with E-state index in [1.54, 1.807) is 10.6 Å². The molecule has 0 amide bonds. The Morgan fingerprint density at radius 2 is 1.71 bits per heavy atom. The molecule has 0 bridgehead atoms. The topological polar surface area (TPSA) is 47.3 Å². The van der Waals surface area contributed by atoms with E-state index in [2.05, 4.69) is 9.97 Å². The van der Waals surface area contributed by atoms with Crippen LogP contribution in [-0.4, -0.2) is 14.4 Å². The maximum Gasteiger partial charge on any atom is 0.264 e. The van der Waals surface area contributed by atoms with Gasteiger partial charge in [0, 0.05) is 22.4 Å². The van der Waals surface area contributed by atoms with Gasteiger partial charge in [0.1, 0.15) is 0 Å². The van der Waals surface area contributed by atoms with E-state index in [1.165, 1.54) is 0 Å². The molecule has 0 spiro atoms. The van der Waals surface area contributed by atoms with Crippen LogP contribution in [0.1, 0.15) is 0 Å². The summed E-state index contributed by atoms with van der Waals surface area (Å²) in [6.45, 7) is 0. The molecule has 4 heteroatoms. The quantitative estimate of drug-likeness (QED) is 0.435. The van der Waals surface area contributed by atoms with Gasteiger partial charge in [0.15, 0.2) is 11.3 Å². The van der Waals surface area contributed by atoms with E-state index >= 15 is 0 Å². The molecule has 0 aliphatic carbocycles. The van der Waals surface area contributed by atoms with Gasteiger partial charge in [-0.05, 0) is 23.6 Å². The summed E-state index contributed by atoms with van der Waals surface area (Å²) in [5.41, 5.74) is 2.00. The molecule has 5 aromatic rings. The van der Waals surface area contributed by atoms with Gasteiger partial charge in [0.05, 0.1) is 5.52 Å². The molecule has 0 aliphatic rings. The van der Waals surface area contributed by atoms with Gasteiger partial charge in [-0.3, -0.25) is 9.20 Å². The second-order valence-corrected chi connectivity index (χ2v) is 5.13. The lowest BCUT2D eigenvalue weighted by atomic mass is 10.0. The van der Waals surface area contributed by atoms with Crippen LogP contribution in [0.3, 0.4) is 0 Å². The van der Waals surface area contributed by atoms with Crippen LogP contribution in [0, 0.1) is 0 Å². The van der Waals surface area contributed by atoms with Crippen molar-refractivity contribution >= 4 is 38.4 Å². The highest BCUT2D eigenvalue weighted by Crippen LogP contribution is 2.28. The first-order valence-electron chi connectivity index (χ1n) is 6.75. The van der Waals surface area contributed by atoms with Crippen LogP contribution in [0.15, 0.2) is 59.5 Å². The molecule has 0 saturated carbocycles. The normalized spacial score (nSPS) is 12.0. The lowest BCUT2D eigenvalue weighted by Gasteiger charge is -2.06. The van der Waals surface area contributed by atoms with Gasteiger partial charge in [-0.15, -0.1) is 0 Å². The van der Waals surface area contributed by atoms with Crippen LogP contribution in [0.5, 0.6) is 0 Å². The molecular formula is C17H9N3O. The summed E-state index contributed by atoms with van der Waals surface area (Å²) < 4.78 is 1.67. The number of rotatable bonds is 0. The van der Waals surface area contributed by atoms with Crippen molar-refractivity contribution in [3.8, 4) is 0 Å². The molecule has 0 N–H and O–H groups in total. The summed E-state index contributed by atoms with van der Waals surface area (Å²) in [4.78, 5) is 21.7. The number of hydrogen-bond acceptors (Lipinski definition) is 3. The molecule has 2 aromatic carbocycles. The number of nitrogens with zero attached hydrogens (tertiary/aromatic N) is 3. The van der Waals surface area contributed by atoms with Crippen molar-refractivity contribution in [1.82, 2.24) is 14.4 Å². The number of pyridine rings is 2. The van der Waals surface area contributed by atoms with Crippen LogP contribution < -0.4 is 5.56 Å². The number of fused-ring (bicyclic) bond motifs is 4. The molecule has 98 valence electrons. The predicted octanol–water partition coefficient (Wildman–Crippen LogP) is 2.99. The molecule has 3 heterocycles. The van der Waals surface area contributed by atoms with E-state index in [0.717, 1.165) is 27.1 Å². The fourth-order valence-corrected chi connectivity index (χ4v) is 3.13. The smallest absolute Gasteiger partial charge is 0.264 e. The van der Waals surface area contributed by atoms with E-state index in [1.807, 2.05) is 48.5 Å². The van der Waals surface area contributed by atoms with Crippen molar-refractivity contribution in [2.45, 2.75) is 0 Å². The Morgan fingerprint density at radius 1 is 0.905 bits per heavy atom. The summed E-state index contributed by atoms with van der Waals surface area (Å²) in [6.07, 6.45) is 1.69. The van der Waals surface area contributed by atoms with Crippen LogP contribution in [0.2, 0.25) is 0 Å². The van der Waals surface area contributed by atoms with Crippen molar-refractivity contribution in [2.24, 2.45) is 0 Å². The minimum atomic E-state index is -0.0372. The van der Waals surface area contributed by atoms with Gasteiger partial charge in [0.25, 0.3) is 5.56 Å². The Bertz CT molecular complexity index is 1200. The number of imidazole rings is 1. The highest BCUT2D eigenvalue weighted by atomic mass is 16.1. The highest BCUT2D eigenvalue weighted by Gasteiger charge is 2.15. The van der Waals surface area contributed by atoms with E-state index < -0.39 is 0 Å². The van der Waals surface area contributed by atoms with Crippen LogP contribution >= 0.6 is 0 Å². The SMILES string of the molecule is O=c1c2cccc3cccc(c32)c2nc3ncccc3n12. The van der Waals surface area contributed by atoms with Crippen LogP contribution in [-0.2, 0) is 0 Å². The second kappa shape index (κ2) is 3.55. The van der Waals surface area contributed by atoms with Gasteiger partial charge in [0.2, 0.25) is 0 Å². The minimum Gasteiger partial charge on any atom is -0.268 e. The summed E-state index contributed by atoms with van der Waals surface area (Å²) in [5, 5.41) is 3.75. The summed E-state index contributed by atoms with van der Waals surface area (Å²) in [6, 6.07) is 15.5. The van der Waals surface area contributed by atoms with Gasteiger partial charge >= 0.3 is 0 Å². The van der Waals surface area contributed by atoms with Crippen molar-refractivity contribution in [3.05, 3.63) is 65.1 Å². The zero-order valence-corrected chi connectivity index (χ0v) is 10.9. The van der Waals surface area contributed by atoms with Crippen LogP contribution in [0.25, 0.3) is 38.4 Å². The summed E-state index contributed by atoms with van der Waals surface area (Å²) >= 11 is 0. The molecule has 0 radical (unpaired) electrons. The van der Waals surface area contributed by atoms with Crippen LogP contribution in [0.4, 0.5) is 0 Å². The Kier molecular flexibility index (Phi) is 1.81. The molecule has 0 atom stereocenters. The maximum absolute atomic E-state index is 12.9. The first-order chi connectivity index (χ1) is 10.3. The molecular weight excluding hydrogens is 262 g/mol. The standard InChI is InChI=1S/C17H9N3O/c21-17-12-7-2-5-10-4-1-6-11(14(10)12)16-19-15-13(20(16)17)8-3-9-18-15/h1-9H. The Labute approximate surface area is 118 Å². The van der Waals surface area contributed by atoms with Crippen molar-refractivity contribution in [2.75, 3.05) is 0 Å². The molecule has 4 nitrogen and oxygen atoms in total. The summed E-state index contributed by atoms with van der Waals surface area (Å²) in [7, 11) is 0. The lowest BCUT2D eigenvalue weighted by Crippen LogP contribution is -2.13. The largest absolute Gasteiger partial charge is 0.268 e. The number of benzene rings is 2. The fraction of sp³-hybridized carbons (Fsp3) is 0. The van der Waals surface area contributed by atoms with Crippen molar-refractivity contribution < 1.29 is 0 Å². The molecule has 0 saturated heterocycles. The zero-order chi connectivity index (χ0) is 14.0.